The quantitative estimate of drug-likeness (QED) is 0.830. The Bertz CT molecular complexity index is 860. The number of halogens is 2. The molecule has 2 fully saturated rings. The summed E-state index contributed by atoms with van der Waals surface area (Å²) >= 11 is 0. The van der Waals surface area contributed by atoms with Crippen LogP contribution in [0.4, 0.5) is 26.5 Å². The number of hydrogen-bond donors (Lipinski definition) is 1. The number of anilines is 3. The zero-order valence-corrected chi connectivity index (χ0v) is 16.4. The lowest BCUT2D eigenvalue weighted by molar-refractivity contribution is 0.0981. The number of ether oxygens (including phenoxy) is 1. The van der Waals surface area contributed by atoms with Crippen LogP contribution in [0.25, 0.3) is 11.4 Å². The van der Waals surface area contributed by atoms with Crippen LogP contribution < -0.4 is 15.5 Å². The van der Waals surface area contributed by atoms with E-state index in [0.717, 1.165) is 25.9 Å². The lowest BCUT2D eigenvalue weighted by Crippen LogP contribution is -2.45. The molecule has 0 aliphatic carbocycles. The van der Waals surface area contributed by atoms with Crippen molar-refractivity contribution in [3.8, 4) is 11.4 Å². The second kappa shape index (κ2) is 8.40. The van der Waals surface area contributed by atoms with Crippen molar-refractivity contribution < 1.29 is 13.5 Å². The van der Waals surface area contributed by atoms with Gasteiger partial charge in [-0.1, -0.05) is 0 Å². The Hall–Kier alpha value is -2.62. The number of morpholine rings is 1. The van der Waals surface area contributed by atoms with E-state index >= 15 is 0 Å². The summed E-state index contributed by atoms with van der Waals surface area (Å²) in [5.41, 5.74) is 5.58. The van der Waals surface area contributed by atoms with Crippen molar-refractivity contribution in [1.82, 2.24) is 19.9 Å². The van der Waals surface area contributed by atoms with Gasteiger partial charge < -0.3 is 20.3 Å². The van der Waals surface area contributed by atoms with Crippen molar-refractivity contribution in [3.05, 3.63) is 17.8 Å². The SMILES string of the molecule is C[C@H]1COCCN1c1nc(-c2cnc(N)cc2C(F)F)nc(N2CCCCC2)n1. The van der Waals surface area contributed by atoms with E-state index < -0.39 is 6.43 Å². The Kier molecular flexibility index (Phi) is 5.70. The van der Waals surface area contributed by atoms with E-state index in [4.69, 9.17) is 15.5 Å². The van der Waals surface area contributed by atoms with Crippen LogP contribution in [-0.4, -0.2) is 58.8 Å². The fourth-order valence-corrected chi connectivity index (χ4v) is 3.72. The number of rotatable bonds is 4. The molecule has 2 aliphatic heterocycles. The molecule has 0 radical (unpaired) electrons. The van der Waals surface area contributed by atoms with Gasteiger partial charge in [0.05, 0.1) is 19.3 Å². The van der Waals surface area contributed by atoms with E-state index in [0.29, 0.717) is 31.7 Å². The zero-order valence-electron chi connectivity index (χ0n) is 16.4. The summed E-state index contributed by atoms with van der Waals surface area (Å²) in [6.07, 6.45) is 1.88. The molecule has 4 heterocycles. The highest BCUT2D eigenvalue weighted by molar-refractivity contribution is 5.64. The first-order valence-corrected chi connectivity index (χ1v) is 9.92. The number of aromatic nitrogens is 4. The summed E-state index contributed by atoms with van der Waals surface area (Å²) in [4.78, 5) is 21.9. The van der Waals surface area contributed by atoms with Crippen molar-refractivity contribution in [2.45, 2.75) is 38.7 Å². The van der Waals surface area contributed by atoms with E-state index in [1.807, 2.05) is 11.8 Å². The number of alkyl halides is 2. The van der Waals surface area contributed by atoms with Crippen LogP contribution in [0.2, 0.25) is 0 Å². The highest BCUT2D eigenvalue weighted by atomic mass is 19.3. The first kappa shape index (κ1) is 19.7. The predicted molar refractivity (Wildman–Crippen MR) is 106 cm³/mol. The molecule has 0 aromatic carbocycles. The third kappa shape index (κ3) is 4.21. The van der Waals surface area contributed by atoms with Crippen molar-refractivity contribution in [2.75, 3.05) is 48.4 Å². The van der Waals surface area contributed by atoms with E-state index in [2.05, 4.69) is 19.9 Å². The number of nitrogen functional groups attached to an aromatic ring is 1. The van der Waals surface area contributed by atoms with Crippen LogP contribution >= 0.6 is 0 Å². The minimum atomic E-state index is -2.71. The second-order valence-electron chi connectivity index (χ2n) is 7.42. The first-order valence-electron chi connectivity index (χ1n) is 9.92. The largest absolute Gasteiger partial charge is 0.384 e. The average molecular weight is 405 g/mol. The minimum absolute atomic E-state index is 0.0383. The van der Waals surface area contributed by atoms with Crippen molar-refractivity contribution in [1.29, 1.82) is 0 Å². The Balaban J connectivity index is 1.81. The van der Waals surface area contributed by atoms with Crippen LogP contribution in [-0.2, 0) is 4.74 Å². The lowest BCUT2D eigenvalue weighted by Gasteiger charge is -2.34. The van der Waals surface area contributed by atoms with Crippen molar-refractivity contribution in [3.63, 3.8) is 0 Å². The van der Waals surface area contributed by atoms with Gasteiger partial charge in [0.15, 0.2) is 5.82 Å². The highest BCUT2D eigenvalue weighted by Gasteiger charge is 2.26. The first-order chi connectivity index (χ1) is 14.0. The van der Waals surface area contributed by atoms with Gasteiger partial charge in [-0.3, -0.25) is 0 Å². The maximum atomic E-state index is 13.7. The lowest BCUT2D eigenvalue weighted by atomic mass is 10.1. The van der Waals surface area contributed by atoms with Gasteiger partial charge in [-0.2, -0.15) is 15.0 Å². The Morgan fingerprint density at radius 1 is 1.10 bits per heavy atom. The molecule has 2 aliphatic rings. The molecule has 2 saturated heterocycles. The summed E-state index contributed by atoms with van der Waals surface area (Å²) in [5.74, 6) is 1.22. The molecule has 10 heteroatoms. The molecule has 8 nitrogen and oxygen atoms in total. The number of nitrogens with zero attached hydrogens (tertiary/aromatic N) is 6. The molecule has 2 N–H and O–H groups in total. The molecule has 0 saturated carbocycles. The second-order valence-corrected chi connectivity index (χ2v) is 7.42. The van der Waals surface area contributed by atoms with Gasteiger partial charge in [0.1, 0.15) is 5.82 Å². The van der Waals surface area contributed by atoms with Crippen molar-refractivity contribution >= 4 is 17.7 Å². The normalized spacial score (nSPS) is 20.3. The number of pyridine rings is 1. The Labute approximate surface area is 168 Å². The standard InChI is InChI=1S/C19H25F2N7O/c1-12-11-29-8-7-28(12)19-25-17(14-10-23-15(22)9-13(14)16(20)21)24-18(26-19)27-5-3-2-4-6-27/h9-10,12,16H,2-8,11H2,1H3,(H2,22,23)/t12-/m0/s1. The molecule has 1 atom stereocenters. The minimum Gasteiger partial charge on any atom is -0.384 e. The van der Waals surface area contributed by atoms with Gasteiger partial charge in [-0.05, 0) is 32.3 Å². The molecule has 0 spiro atoms. The molecular formula is C19H25F2N7O. The van der Waals surface area contributed by atoms with Gasteiger partial charge in [-0.25, -0.2) is 13.8 Å². The number of hydrogen-bond acceptors (Lipinski definition) is 8. The molecule has 29 heavy (non-hydrogen) atoms. The highest BCUT2D eigenvalue weighted by Crippen LogP contribution is 2.32. The molecule has 0 unspecified atom stereocenters. The zero-order chi connectivity index (χ0) is 20.4. The van der Waals surface area contributed by atoms with Gasteiger partial charge in [0.2, 0.25) is 11.9 Å². The fourth-order valence-electron chi connectivity index (χ4n) is 3.72. The summed E-state index contributed by atoms with van der Waals surface area (Å²) in [6.45, 7) is 5.46. The molecule has 2 aromatic rings. The van der Waals surface area contributed by atoms with E-state index in [1.165, 1.54) is 18.7 Å². The summed E-state index contributed by atoms with van der Waals surface area (Å²) in [7, 11) is 0. The molecule has 0 amide bonds. The summed E-state index contributed by atoms with van der Waals surface area (Å²) < 4.78 is 32.9. The van der Waals surface area contributed by atoms with E-state index in [1.54, 1.807) is 0 Å². The van der Waals surface area contributed by atoms with Gasteiger partial charge in [0.25, 0.3) is 6.43 Å². The fraction of sp³-hybridized carbons (Fsp3) is 0.579. The maximum absolute atomic E-state index is 13.7. The van der Waals surface area contributed by atoms with Crippen LogP contribution in [0.15, 0.2) is 12.3 Å². The van der Waals surface area contributed by atoms with Gasteiger partial charge >= 0.3 is 0 Å². The van der Waals surface area contributed by atoms with Crippen LogP contribution in [0.1, 0.15) is 38.2 Å². The van der Waals surface area contributed by atoms with Gasteiger partial charge in [0, 0.05) is 37.0 Å². The predicted octanol–water partition coefficient (Wildman–Crippen LogP) is 2.67. The Morgan fingerprint density at radius 2 is 1.86 bits per heavy atom. The Morgan fingerprint density at radius 3 is 2.59 bits per heavy atom. The van der Waals surface area contributed by atoms with Crippen LogP contribution in [0.3, 0.4) is 0 Å². The molecule has 156 valence electrons. The molecule has 4 rings (SSSR count). The maximum Gasteiger partial charge on any atom is 0.264 e. The van der Waals surface area contributed by atoms with E-state index in [-0.39, 0.29) is 28.8 Å². The van der Waals surface area contributed by atoms with E-state index in [9.17, 15) is 8.78 Å². The average Bonchev–Trinajstić information content (AvgIpc) is 2.74. The third-order valence-corrected chi connectivity index (χ3v) is 5.31. The smallest absolute Gasteiger partial charge is 0.264 e. The molecule has 0 bridgehead atoms. The summed E-state index contributed by atoms with van der Waals surface area (Å²) in [6, 6.07) is 1.26. The summed E-state index contributed by atoms with van der Waals surface area (Å²) in [5, 5.41) is 0. The number of nitrogens with two attached hydrogens (primary N) is 1. The number of piperidine rings is 1. The van der Waals surface area contributed by atoms with Crippen molar-refractivity contribution in [2.24, 2.45) is 0 Å². The van der Waals surface area contributed by atoms with Crippen LogP contribution in [0.5, 0.6) is 0 Å². The van der Waals surface area contributed by atoms with Crippen LogP contribution in [0, 0.1) is 0 Å². The third-order valence-electron chi connectivity index (χ3n) is 5.31. The van der Waals surface area contributed by atoms with Gasteiger partial charge in [-0.15, -0.1) is 0 Å². The topological polar surface area (TPSA) is 93.3 Å². The molecular weight excluding hydrogens is 380 g/mol. The molecule has 2 aromatic heterocycles. The monoisotopic (exact) mass is 405 g/mol.